The molecule has 4 nitrogen and oxygen atoms in total. The van der Waals surface area contributed by atoms with E-state index in [9.17, 15) is 9.90 Å². The highest BCUT2D eigenvalue weighted by Gasteiger charge is 2.53. The minimum Gasteiger partial charge on any atom is -0.391 e. The summed E-state index contributed by atoms with van der Waals surface area (Å²) in [6.07, 6.45) is 1.12. The topological polar surface area (TPSA) is 61.4 Å². The van der Waals surface area contributed by atoms with Crippen LogP contribution in [0.5, 0.6) is 0 Å². The summed E-state index contributed by atoms with van der Waals surface area (Å²) in [5, 5.41) is 16.9. The van der Waals surface area contributed by atoms with Gasteiger partial charge in [-0.3, -0.25) is 4.79 Å². The fourth-order valence-electron chi connectivity index (χ4n) is 2.99. The van der Waals surface area contributed by atoms with E-state index in [0.717, 1.165) is 24.9 Å². The third-order valence-electron chi connectivity index (χ3n) is 4.45. The zero-order valence-electron chi connectivity index (χ0n) is 11.5. The van der Waals surface area contributed by atoms with Crippen LogP contribution < -0.4 is 10.6 Å². The van der Waals surface area contributed by atoms with Gasteiger partial charge in [-0.05, 0) is 25.0 Å². The van der Waals surface area contributed by atoms with Gasteiger partial charge in [-0.2, -0.15) is 0 Å². The van der Waals surface area contributed by atoms with Crippen molar-refractivity contribution in [3.05, 3.63) is 33.8 Å². The minimum atomic E-state index is -0.591. The van der Waals surface area contributed by atoms with Crippen molar-refractivity contribution in [1.82, 2.24) is 10.6 Å². The van der Waals surface area contributed by atoms with Gasteiger partial charge < -0.3 is 15.7 Å². The lowest BCUT2D eigenvalue weighted by Crippen LogP contribution is -2.40. The molecule has 1 saturated heterocycles. The first-order valence-electron chi connectivity index (χ1n) is 7.16. The van der Waals surface area contributed by atoms with Crippen molar-refractivity contribution >= 4 is 29.1 Å². The van der Waals surface area contributed by atoms with Crippen LogP contribution in [0.25, 0.3) is 0 Å². The lowest BCUT2D eigenvalue weighted by molar-refractivity contribution is -0.123. The van der Waals surface area contributed by atoms with Crippen molar-refractivity contribution in [3.63, 3.8) is 0 Å². The molecule has 1 aliphatic heterocycles. The van der Waals surface area contributed by atoms with Crippen LogP contribution in [-0.2, 0) is 10.2 Å². The number of carbonyl (C=O) groups is 1. The first-order chi connectivity index (χ1) is 10.0. The highest BCUT2D eigenvalue weighted by Crippen LogP contribution is 2.53. The molecule has 1 aliphatic carbocycles. The van der Waals surface area contributed by atoms with Crippen LogP contribution >= 0.6 is 23.2 Å². The lowest BCUT2D eigenvalue weighted by Gasteiger charge is -2.20. The van der Waals surface area contributed by atoms with Gasteiger partial charge in [0.15, 0.2) is 0 Å². The average Bonchev–Trinajstić information content (AvgIpc) is 3.13. The number of hydrogen-bond acceptors (Lipinski definition) is 3. The second-order valence-corrected chi connectivity index (χ2v) is 6.69. The van der Waals surface area contributed by atoms with Crippen molar-refractivity contribution < 1.29 is 9.90 Å². The van der Waals surface area contributed by atoms with Gasteiger partial charge in [-0.15, -0.1) is 0 Å². The molecule has 3 N–H and O–H groups in total. The Bertz CT molecular complexity index is 540. The zero-order chi connectivity index (χ0) is 15.0. The number of amides is 1. The Balaban J connectivity index is 1.72. The smallest absolute Gasteiger partial charge is 0.230 e. The normalized spacial score (nSPS) is 26.6. The molecule has 2 fully saturated rings. The largest absolute Gasteiger partial charge is 0.391 e. The summed E-state index contributed by atoms with van der Waals surface area (Å²) in [5.74, 6) is 0.0167. The molecule has 3 rings (SSSR count). The quantitative estimate of drug-likeness (QED) is 0.788. The molecule has 21 heavy (non-hydrogen) atoms. The molecule has 1 saturated carbocycles. The van der Waals surface area contributed by atoms with Gasteiger partial charge in [0, 0.05) is 41.2 Å². The molecule has 2 aliphatic rings. The molecule has 2 unspecified atom stereocenters. The number of rotatable bonds is 4. The van der Waals surface area contributed by atoms with E-state index < -0.39 is 11.5 Å². The van der Waals surface area contributed by atoms with E-state index in [1.165, 1.54) is 0 Å². The summed E-state index contributed by atoms with van der Waals surface area (Å²) < 4.78 is 0. The Morgan fingerprint density at radius 2 is 2.00 bits per heavy atom. The molecule has 1 aromatic carbocycles. The maximum Gasteiger partial charge on any atom is 0.230 e. The van der Waals surface area contributed by atoms with Crippen molar-refractivity contribution in [2.24, 2.45) is 5.92 Å². The predicted molar refractivity (Wildman–Crippen MR) is 82.8 cm³/mol. The number of nitrogens with one attached hydrogen (secondary N) is 2. The third-order valence-corrected chi connectivity index (χ3v) is 5.08. The van der Waals surface area contributed by atoms with E-state index in [1.54, 1.807) is 18.2 Å². The summed E-state index contributed by atoms with van der Waals surface area (Å²) in [6.45, 7) is 1.78. The summed E-state index contributed by atoms with van der Waals surface area (Å²) >= 11 is 12.5. The fourth-order valence-corrected chi connectivity index (χ4v) is 3.75. The maximum atomic E-state index is 12.6. The van der Waals surface area contributed by atoms with Crippen molar-refractivity contribution in [1.29, 1.82) is 0 Å². The van der Waals surface area contributed by atoms with E-state index in [4.69, 9.17) is 23.2 Å². The van der Waals surface area contributed by atoms with Crippen LogP contribution in [0.1, 0.15) is 18.4 Å². The van der Waals surface area contributed by atoms with E-state index in [-0.39, 0.29) is 11.8 Å². The van der Waals surface area contributed by atoms with Crippen molar-refractivity contribution in [2.45, 2.75) is 24.4 Å². The number of benzene rings is 1. The lowest BCUT2D eigenvalue weighted by atomic mass is 9.94. The highest BCUT2D eigenvalue weighted by atomic mass is 35.5. The molecule has 0 bridgehead atoms. The molecular weight excluding hydrogens is 311 g/mol. The third kappa shape index (κ3) is 2.78. The van der Waals surface area contributed by atoms with Crippen molar-refractivity contribution in [2.75, 3.05) is 19.6 Å². The first-order valence-corrected chi connectivity index (χ1v) is 7.92. The van der Waals surface area contributed by atoms with Crippen LogP contribution in [0.4, 0.5) is 0 Å². The van der Waals surface area contributed by atoms with Gasteiger partial charge in [0.2, 0.25) is 5.91 Å². The van der Waals surface area contributed by atoms with Crippen LogP contribution in [0.2, 0.25) is 10.0 Å². The molecule has 1 heterocycles. The number of halogens is 2. The van der Waals surface area contributed by atoms with Crippen LogP contribution in [-0.4, -0.2) is 36.8 Å². The van der Waals surface area contributed by atoms with Crippen LogP contribution in [0, 0.1) is 5.92 Å². The van der Waals surface area contributed by atoms with E-state index >= 15 is 0 Å². The van der Waals surface area contributed by atoms with Crippen LogP contribution in [0.15, 0.2) is 18.2 Å². The van der Waals surface area contributed by atoms with E-state index in [0.29, 0.717) is 23.1 Å². The highest BCUT2D eigenvalue weighted by molar-refractivity contribution is 6.36. The Morgan fingerprint density at radius 1 is 1.33 bits per heavy atom. The number of aliphatic hydroxyl groups excluding tert-OH is 1. The number of β-amino-alcohol motifs (C(OH)–C–C–N with tert-alkyl or cyclic N) is 1. The minimum absolute atomic E-state index is 0.0448. The zero-order valence-corrected chi connectivity index (χ0v) is 13.0. The Morgan fingerprint density at radius 3 is 2.52 bits per heavy atom. The molecule has 0 radical (unpaired) electrons. The Hall–Kier alpha value is -0.810. The predicted octanol–water partition coefficient (Wildman–Crippen LogP) is 1.72. The molecule has 1 amide bonds. The number of hydrogen-bond donors (Lipinski definition) is 3. The Kier molecular flexibility index (Phi) is 4.14. The standard InChI is InChI=1S/C15H18Cl2N2O2/c16-10-2-1-3-11(17)13(10)15(4-5-15)14(21)19-7-9-6-18-8-12(9)20/h1-3,9,12,18,20H,4-8H2,(H,19,21). The molecule has 0 aromatic heterocycles. The molecule has 2 atom stereocenters. The van der Waals surface area contributed by atoms with Gasteiger partial charge >= 0.3 is 0 Å². The van der Waals surface area contributed by atoms with Gasteiger partial charge in [-0.1, -0.05) is 29.3 Å². The number of carbonyl (C=O) groups excluding carboxylic acids is 1. The van der Waals surface area contributed by atoms with Gasteiger partial charge in [0.05, 0.1) is 11.5 Å². The van der Waals surface area contributed by atoms with Gasteiger partial charge in [0.1, 0.15) is 0 Å². The molecule has 1 aromatic rings. The first kappa shape index (κ1) is 15.1. The monoisotopic (exact) mass is 328 g/mol. The summed E-state index contributed by atoms with van der Waals surface area (Å²) in [7, 11) is 0. The molecule has 0 spiro atoms. The maximum absolute atomic E-state index is 12.6. The molecular formula is C15H18Cl2N2O2. The molecule has 6 heteroatoms. The second-order valence-electron chi connectivity index (χ2n) is 5.87. The molecule has 114 valence electrons. The SMILES string of the molecule is O=C(NCC1CNCC1O)C1(c2c(Cl)cccc2Cl)CC1. The van der Waals surface area contributed by atoms with Crippen molar-refractivity contribution in [3.8, 4) is 0 Å². The van der Waals surface area contributed by atoms with E-state index in [2.05, 4.69) is 10.6 Å². The summed E-state index contributed by atoms with van der Waals surface area (Å²) in [4.78, 5) is 12.6. The van der Waals surface area contributed by atoms with Gasteiger partial charge in [-0.25, -0.2) is 0 Å². The van der Waals surface area contributed by atoms with Crippen LogP contribution in [0.3, 0.4) is 0 Å². The average molecular weight is 329 g/mol. The van der Waals surface area contributed by atoms with E-state index in [1.807, 2.05) is 0 Å². The summed E-state index contributed by atoms with van der Waals surface area (Å²) in [5.41, 5.74) is 0.141. The summed E-state index contributed by atoms with van der Waals surface area (Å²) in [6, 6.07) is 5.31. The Labute approximate surface area is 133 Å². The van der Waals surface area contributed by atoms with Gasteiger partial charge in [0.25, 0.3) is 0 Å². The number of aliphatic hydroxyl groups is 1. The fraction of sp³-hybridized carbons (Fsp3) is 0.533. The second kappa shape index (κ2) is 5.76.